The van der Waals surface area contributed by atoms with Gasteiger partial charge >= 0.3 is 0 Å². The number of amides is 2. The van der Waals surface area contributed by atoms with Crippen LogP contribution < -0.4 is 36.1 Å². The summed E-state index contributed by atoms with van der Waals surface area (Å²) in [5, 5.41) is 17.1. The highest BCUT2D eigenvalue weighted by Gasteiger charge is 2.46. The molecular weight excluding hydrogens is 1030 g/mol. The summed E-state index contributed by atoms with van der Waals surface area (Å²) in [6.07, 6.45) is 17.9. The quantitative estimate of drug-likeness (QED) is 0.0549. The number of anilines is 6. The normalized spacial score (nSPS) is 16.0. The number of nitrogens with zero attached hydrogens (tertiary/aromatic N) is 5. The molecule has 0 atom stereocenters. The molecule has 2 amide bonds. The Labute approximate surface area is 428 Å². The van der Waals surface area contributed by atoms with E-state index in [1.807, 2.05) is 6.08 Å². The van der Waals surface area contributed by atoms with Crippen LogP contribution in [0.1, 0.15) is 38.5 Å². The topological polar surface area (TPSA) is 168 Å². The number of allylic oxidation sites excluding steroid dienone is 1. The standard InChI is InChI=1S/C25H25ClFN5O2.C19H15BrClFN4O2.C6H11N.ClH/c1-34-22-12-20-17(24(29-15-28-20)30-16-5-6-19(27)18(26)10-16)11-21(22)31-23(33)4-2-9-32-13-25(14-32)7-3-8-25;1-28-17-9-15-12(8-16(17)26-18(27)3-2-6-20)19(24-10-23-15)25-11-4-5-14(22)13(21)7-11;1-2-6(3-1)4-7-5-6;/h2,4-6,10-12,15H,3,7-9,13-14H2,1H3,(H,31,33)(H,28,29,30);2-5,7-10H,6H2,1H3,(H,26,27)(H,23,24,25);7H,1-5H2;1H/b4-2+;3-2+;;. The number of hydrogen-bond acceptors (Lipinski definition) is 12. The van der Waals surface area contributed by atoms with Gasteiger partial charge in [-0.2, -0.15) is 0 Å². The molecule has 10 rings (SSSR count). The minimum Gasteiger partial charge on any atom is -0.494 e. The number of hydrogen-bond donors (Lipinski definition) is 5. The highest BCUT2D eigenvalue weighted by atomic mass is 79.9. The minimum atomic E-state index is -0.508. The first-order valence-corrected chi connectivity index (χ1v) is 24.3. The number of benzene rings is 4. The highest BCUT2D eigenvalue weighted by Crippen LogP contribution is 2.48. The molecule has 368 valence electrons. The number of carbonyl (C=O) groups excluding carboxylic acids is 2. The highest BCUT2D eigenvalue weighted by molar-refractivity contribution is 9.09. The van der Waals surface area contributed by atoms with Gasteiger partial charge in [0.15, 0.2) is 0 Å². The molecule has 14 nitrogen and oxygen atoms in total. The molecule has 4 aliphatic rings. The first-order valence-electron chi connectivity index (χ1n) is 22.4. The molecule has 2 saturated heterocycles. The molecule has 5 N–H and O–H groups in total. The average Bonchev–Trinajstić information content (AvgIpc) is 3.27. The van der Waals surface area contributed by atoms with E-state index in [4.69, 9.17) is 32.7 Å². The molecule has 4 fully saturated rings. The molecule has 4 heterocycles. The Bertz CT molecular complexity index is 2900. The van der Waals surface area contributed by atoms with Gasteiger partial charge in [0.1, 0.15) is 47.4 Å². The van der Waals surface area contributed by atoms with Crippen molar-refractivity contribution < 1.29 is 27.8 Å². The summed E-state index contributed by atoms with van der Waals surface area (Å²) < 4.78 is 37.7. The zero-order valence-corrected chi connectivity index (χ0v) is 42.3. The summed E-state index contributed by atoms with van der Waals surface area (Å²) in [5.41, 5.74) is 4.74. The Morgan fingerprint density at radius 1 is 0.714 bits per heavy atom. The zero-order valence-electron chi connectivity index (χ0n) is 38.4. The predicted octanol–water partition coefficient (Wildman–Crippen LogP) is 11.4. The molecule has 2 spiro atoms. The lowest BCUT2D eigenvalue weighted by molar-refractivity contribution is -0.112. The van der Waals surface area contributed by atoms with Crippen LogP contribution in [0, 0.1) is 22.5 Å². The molecule has 2 aliphatic heterocycles. The smallest absolute Gasteiger partial charge is 0.248 e. The number of alkyl halides is 1. The van der Waals surface area contributed by atoms with Crippen molar-refractivity contribution in [1.82, 2.24) is 30.2 Å². The Morgan fingerprint density at radius 3 is 1.56 bits per heavy atom. The zero-order chi connectivity index (χ0) is 48.5. The first kappa shape index (κ1) is 52.1. The molecule has 2 saturated carbocycles. The van der Waals surface area contributed by atoms with Crippen molar-refractivity contribution in [2.24, 2.45) is 10.8 Å². The van der Waals surface area contributed by atoms with E-state index in [0.717, 1.165) is 25.0 Å². The van der Waals surface area contributed by atoms with Gasteiger partial charge in [-0.15, -0.1) is 12.4 Å². The number of nitrogens with one attached hydrogen (secondary N) is 5. The molecule has 0 unspecified atom stereocenters. The maximum atomic E-state index is 13.5. The Morgan fingerprint density at radius 2 is 1.19 bits per heavy atom. The van der Waals surface area contributed by atoms with Crippen molar-refractivity contribution in [3.05, 3.63) is 119 Å². The van der Waals surface area contributed by atoms with Gasteiger partial charge in [-0.3, -0.25) is 14.5 Å². The van der Waals surface area contributed by atoms with Crippen LogP contribution in [-0.2, 0) is 9.59 Å². The fourth-order valence-electron chi connectivity index (χ4n) is 8.66. The van der Waals surface area contributed by atoms with Crippen LogP contribution in [0.2, 0.25) is 10.0 Å². The number of fused-ring (bicyclic) bond motifs is 2. The maximum Gasteiger partial charge on any atom is 0.248 e. The maximum absolute atomic E-state index is 13.5. The van der Waals surface area contributed by atoms with E-state index < -0.39 is 11.6 Å². The van der Waals surface area contributed by atoms with Crippen LogP contribution in [0.25, 0.3) is 21.8 Å². The molecule has 0 radical (unpaired) electrons. The lowest BCUT2D eigenvalue weighted by Gasteiger charge is -2.56. The van der Waals surface area contributed by atoms with Crippen molar-refractivity contribution in [1.29, 1.82) is 0 Å². The van der Waals surface area contributed by atoms with Crippen LogP contribution in [0.5, 0.6) is 11.5 Å². The monoisotopic (exact) mass is 1080 g/mol. The number of carbonyl (C=O) groups is 2. The van der Waals surface area contributed by atoms with Gasteiger partial charge in [0, 0.05) is 84.5 Å². The van der Waals surface area contributed by atoms with Crippen molar-refractivity contribution in [2.45, 2.75) is 38.5 Å². The van der Waals surface area contributed by atoms with Crippen LogP contribution >= 0.6 is 51.5 Å². The van der Waals surface area contributed by atoms with Crippen LogP contribution in [0.3, 0.4) is 0 Å². The summed E-state index contributed by atoms with van der Waals surface area (Å²) in [7, 11) is 3.04. The third-order valence-electron chi connectivity index (χ3n) is 12.7. The van der Waals surface area contributed by atoms with Gasteiger partial charge in [-0.1, -0.05) is 64.1 Å². The number of halogens is 6. The van der Waals surface area contributed by atoms with Gasteiger partial charge in [0.2, 0.25) is 11.8 Å². The van der Waals surface area contributed by atoms with Gasteiger partial charge in [0.05, 0.1) is 46.7 Å². The SMILES string of the molecule is C1CC2(C1)CNC2.COc1cc2ncnc(Nc3ccc(F)c(Cl)c3)c2cc1NC(=O)/C=C/CBr.COc1cc2ncnc(Nc3ccc(F)c(Cl)c3)c2cc1NC(=O)/C=C/CN1CC2(CCC2)C1.Cl. The van der Waals surface area contributed by atoms with E-state index in [0.29, 0.717) is 78.4 Å². The van der Waals surface area contributed by atoms with E-state index in [1.165, 1.54) is 109 Å². The Hall–Kier alpha value is -5.69. The van der Waals surface area contributed by atoms with Gasteiger partial charge < -0.3 is 36.1 Å². The van der Waals surface area contributed by atoms with E-state index in [2.05, 4.69) is 67.3 Å². The molecular formula is C50H52BrCl3F2N10O4. The van der Waals surface area contributed by atoms with Gasteiger partial charge in [-0.05, 0) is 85.0 Å². The molecule has 0 bridgehead atoms. The third kappa shape index (κ3) is 12.6. The van der Waals surface area contributed by atoms with Gasteiger partial charge in [-0.25, -0.2) is 28.7 Å². The number of likely N-dealkylation sites (tertiary alicyclic amines) is 1. The van der Waals surface area contributed by atoms with Crippen LogP contribution in [0.15, 0.2) is 97.6 Å². The molecule has 6 aromatic rings. The lowest BCUT2D eigenvalue weighted by atomic mass is 9.63. The molecule has 2 aliphatic carbocycles. The second-order valence-corrected chi connectivity index (χ2v) is 19.0. The van der Waals surface area contributed by atoms with E-state index >= 15 is 0 Å². The molecule has 2 aromatic heterocycles. The number of ether oxygens (including phenoxy) is 2. The summed E-state index contributed by atoms with van der Waals surface area (Å²) in [4.78, 5) is 44.1. The minimum absolute atomic E-state index is 0. The van der Waals surface area contributed by atoms with E-state index in [1.54, 1.807) is 48.6 Å². The summed E-state index contributed by atoms with van der Waals surface area (Å²) in [5.74, 6) is 0.360. The number of rotatable bonds is 13. The van der Waals surface area contributed by atoms with Crippen molar-refractivity contribution >= 4 is 120 Å². The fourth-order valence-corrected chi connectivity index (χ4v) is 9.21. The summed E-state index contributed by atoms with van der Waals surface area (Å²) >= 11 is 15.0. The predicted molar refractivity (Wildman–Crippen MR) is 280 cm³/mol. The Balaban J connectivity index is 0.000000180. The fraction of sp³-hybridized carbons (Fsp3) is 0.320. The van der Waals surface area contributed by atoms with Crippen molar-refractivity contribution in [3.63, 3.8) is 0 Å². The van der Waals surface area contributed by atoms with Crippen molar-refractivity contribution in [2.75, 3.05) is 73.5 Å². The Kier molecular flexibility index (Phi) is 17.5. The number of methoxy groups -OCH3 is 2. The van der Waals surface area contributed by atoms with Crippen LogP contribution in [0.4, 0.5) is 43.2 Å². The van der Waals surface area contributed by atoms with Gasteiger partial charge in [0.25, 0.3) is 0 Å². The summed E-state index contributed by atoms with van der Waals surface area (Å²) in [6.45, 7) is 5.66. The largest absolute Gasteiger partial charge is 0.494 e. The lowest BCUT2D eigenvalue weighted by Crippen LogP contribution is -2.59. The average molecular weight is 1080 g/mol. The summed E-state index contributed by atoms with van der Waals surface area (Å²) in [6, 6.07) is 15.5. The first-order chi connectivity index (χ1) is 33.4. The van der Waals surface area contributed by atoms with Crippen LogP contribution in [-0.4, -0.2) is 88.9 Å². The molecule has 20 heteroatoms. The van der Waals surface area contributed by atoms with E-state index in [9.17, 15) is 18.4 Å². The molecule has 70 heavy (non-hydrogen) atoms. The number of aromatic nitrogens is 4. The van der Waals surface area contributed by atoms with Crippen molar-refractivity contribution in [3.8, 4) is 11.5 Å². The second kappa shape index (κ2) is 23.5. The van der Waals surface area contributed by atoms with E-state index in [-0.39, 0.29) is 34.3 Å². The second-order valence-electron chi connectivity index (χ2n) is 17.5. The molecule has 4 aromatic carbocycles. The third-order valence-corrected chi connectivity index (χ3v) is 13.7.